The van der Waals surface area contributed by atoms with Gasteiger partial charge >= 0.3 is 0 Å². The van der Waals surface area contributed by atoms with E-state index in [2.05, 4.69) is 15.6 Å². The molecule has 1 aromatic rings. The largest absolute Gasteiger partial charge is 0.379 e. The highest BCUT2D eigenvalue weighted by molar-refractivity contribution is 8.00. The van der Waals surface area contributed by atoms with Crippen LogP contribution < -0.4 is 5.32 Å². The van der Waals surface area contributed by atoms with Crippen LogP contribution in [0.1, 0.15) is 26.7 Å². The molecule has 27 heavy (non-hydrogen) atoms. The first kappa shape index (κ1) is 19.7. The molecule has 3 heterocycles. The highest BCUT2D eigenvalue weighted by atomic mass is 32.2. The minimum absolute atomic E-state index is 0.126. The number of piperidine rings is 1. The summed E-state index contributed by atoms with van der Waals surface area (Å²) in [4.78, 5) is 32.7. The Kier molecular flexibility index (Phi) is 5.73. The first-order chi connectivity index (χ1) is 12.8. The Hall–Kier alpha value is -2.10. The molecule has 1 aromatic heterocycles. The molecule has 2 aliphatic heterocycles. The molecule has 1 saturated heterocycles. The Morgan fingerprint density at radius 3 is 2.93 bits per heavy atom. The summed E-state index contributed by atoms with van der Waals surface area (Å²) in [6.07, 6.45) is 2.89. The third-order valence-corrected chi connectivity index (χ3v) is 5.61. The summed E-state index contributed by atoms with van der Waals surface area (Å²) >= 11 is 1.33. The average Bonchev–Trinajstić information content (AvgIpc) is 3.20. The summed E-state index contributed by atoms with van der Waals surface area (Å²) in [5, 5.41) is 10.6. The lowest BCUT2D eigenvalue weighted by atomic mass is 9.95. The van der Waals surface area contributed by atoms with Gasteiger partial charge in [0.15, 0.2) is 0 Å². The SMILES string of the molecule is CC1=NOC(C)(C(=O)N2CC[C@@H](F)[C@@H](NC(=O)CSc3cnn(C)c3)C2)C1. The van der Waals surface area contributed by atoms with E-state index in [0.717, 1.165) is 10.6 Å². The predicted octanol–water partition coefficient (Wildman–Crippen LogP) is 1.12. The van der Waals surface area contributed by atoms with Crippen molar-refractivity contribution in [3.05, 3.63) is 12.4 Å². The third-order valence-electron chi connectivity index (χ3n) is 4.66. The van der Waals surface area contributed by atoms with Gasteiger partial charge < -0.3 is 15.1 Å². The summed E-state index contributed by atoms with van der Waals surface area (Å²) in [5.41, 5.74) is -0.290. The van der Waals surface area contributed by atoms with E-state index in [1.807, 2.05) is 6.20 Å². The first-order valence-electron chi connectivity index (χ1n) is 8.83. The number of hydrogen-bond donors (Lipinski definition) is 1. The highest BCUT2D eigenvalue weighted by Crippen LogP contribution is 2.28. The number of aromatic nitrogens is 2. The number of nitrogens with zero attached hydrogens (tertiary/aromatic N) is 4. The van der Waals surface area contributed by atoms with Crippen molar-refractivity contribution < 1.29 is 18.8 Å². The molecule has 0 aliphatic carbocycles. The van der Waals surface area contributed by atoms with Gasteiger partial charge in [-0.15, -0.1) is 11.8 Å². The van der Waals surface area contributed by atoms with Crippen molar-refractivity contribution in [1.82, 2.24) is 20.0 Å². The standard InChI is InChI=1S/C17H24FN5O3S/c1-11-6-17(2,26-21-11)16(25)23-5-4-13(18)14(9-23)20-15(24)10-27-12-7-19-22(3)8-12/h7-8,13-14H,4-6,9-10H2,1-3H3,(H,20,24)/t13-,14+,17?/m1/s1. The van der Waals surface area contributed by atoms with Crippen LogP contribution in [0.3, 0.4) is 0 Å². The average molecular weight is 397 g/mol. The van der Waals surface area contributed by atoms with Crippen LogP contribution in [-0.2, 0) is 21.5 Å². The van der Waals surface area contributed by atoms with Gasteiger partial charge in [0.2, 0.25) is 11.5 Å². The van der Waals surface area contributed by atoms with Crippen molar-refractivity contribution in [2.24, 2.45) is 12.2 Å². The van der Waals surface area contributed by atoms with E-state index in [1.165, 1.54) is 11.8 Å². The molecule has 8 nitrogen and oxygen atoms in total. The number of alkyl halides is 1. The smallest absolute Gasteiger partial charge is 0.269 e. The Morgan fingerprint density at radius 1 is 1.52 bits per heavy atom. The third kappa shape index (κ3) is 4.60. The molecule has 148 valence electrons. The maximum Gasteiger partial charge on any atom is 0.269 e. The number of rotatable bonds is 5. The Bertz CT molecular complexity index is 755. The Balaban J connectivity index is 1.53. The molecule has 0 saturated carbocycles. The van der Waals surface area contributed by atoms with E-state index in [9.17, 15) is 14.0 Å². The second-order valence-electron chi connectivity index (χ2n) is 7.19. The fourth-order valence-corrected chi connectivity index (χ4v) is 4.03. The zero-order chi connectivity index (χ0) is 19.6. The number of halogens is 1. The van der Waals surface area contributed by atoms with E-state index in [4.69, 9.17) is 4.84 Å². The summed E-state index contributed by atoms with van der Waals surface area (Å²) in [7, 11) is 1.80. The fourth-order valence-electron chi connectivity index (χ4n) is 3.30. The molecular formula is C17H24FN5O3S. The highest BCUT2D eigenvalue weighted by Gasteiger charge is 2.45. The second kappa shape index (κ2) is 7.87. The number of carbonyl (C=O) groups excluding carboxylic acids is 2. The molecule has 1 N–H and O–H groups in total. The van der Waals surface area contributed by atoms with Gasteiger partial charge in [0, 0.05) is 37.7 Å². The van der Waals surface area contributed by atoms with Gasteiger partial charge in [0.05, 0.1) is 23.7 Å². The number of nitrogens with one attached hydrogen (secondary N) is 1. The van der Waals surface area contributed by atoms with Crippen molar-refractivity contribution >= 4 is 29.3 Å². The molecule has 0 spiro atoms. The molecule has 0 radical (unpaired) electrons. The minimum atomic E-state index is -1.18. The number of amides is 2. The normalized spacial score (nSPS) is 27.9. The van der Waals surface area contributed by atoms with E-state index in [1.54, 1.807) is 36.7 Å². The van der Waals surface area contributed by atoms with Gasteiger partial charge in [-0.05, 0) is 20.3 Å². The molecule has 3 rings (SSSR count). The number of aryl methyl sites for hydroxylation is 1. The van der Waals surface area contributed by atoms with E-state index < -0.39 is 17.8 Å². The molecule has 1 fully saturated rings. The van der Waals surface area contributed by atoms with Gasteiger partial charge in [-0.3, -0.25) is 14.3 Å². The molecule has 2 aliphatic rings. The van der Waals surface area contributed by atoms with Crippen molar-refractivity contribution in [3.8, 4) is 0 Å². The van der Waals surface area contributed by atoms with Gasteiger partial charge in [0.25, 0.3) is 5.91 Å². The van der Waals surface area contributed by atoms with Crippen LogP contribution in [0, 0.1) is 0 Å². The number of hydrogen-bond acceptors (Lipinski definition) is 6. The van der Waals surface area contributed by atoms with E-state index >= 15 is 0 Å². The topological polar surface area (TPSA) is 88.8 Å². The number of carbonyl (C=O) groups is 2. The Morgan fingerprint density at radius 2 is 2.30 bits per heavy atom. The molecule has 2 amide bonds. The second-order valence-corrected chi connectivity index (χ2v) is 8.24. The van der Waals surface area contributed by atoms with Crippen LogP contribution in [0.4, 0.5) is 4.39 Å². The number of thioether (sulfide) groups is 1. The fraction of sp³-hybridized carbons (Fsp3) is 0.647. The summed E-state index contributed by atoms with van der Waals surface area (Å²) in [5.74, 6) is -0.330. The zero-order valence-corrected chi connectivity index (χ0v) is 16.5. The molecule has 0 bridgehead atoms. The number of likely N-dealkylation sites (tertiary alicyclic amines) is 1. The molecule has 0 aromatic carbocycles. The van der Waals surface area contributed by atoms with E-state index in [-0.39, 0.29) is 30.5 Å². The maximum absolute atomic E-state index is 14.3. The van der Waals surface area contributed by atoms with E-state index in [0.29, 0.717) is 13.0 Å². The quantitative estimate of drug-likeness (QED) is 0.753. The number of oxime groups is 1. The van der Waals surface area contributed by atoms with Gasteiger partial charge in [-0.1, -0.05) is 5.16 Å². The van der Waals surface area contributed by atoms with Gasteiger partial charge in [0.1, 0.15) is 6.17 Å². The van der Waals surface area contributed by atoms with Crippen LogP contribution in [0.25, 0.3) is 0 Å². The van der Waals surface area contributed by atoms with Crippen LogP contribution in [0.15, 0.2) is 22.4 Å². The lowest BCUT2D eigenvalue weighted by Gasteiger charge is -2.38. The zero-order valence-electron chi connectivity index (χ0n) is 15.6. The Labute approximate surface area is 161 Å². The first-order valence-corrected chi connectivity index (χ1v) is 9.81. The lowest BCUT2D eigenvalue weighted by Crippen LogP contribution is -2.59. The molecular weight excluding hydrogens is 373 g/mol. The lowest BCUT2D eigenvalue weighted by molar-refractivity contribution is -0.155. The van der Waals surface area contributed by atoms with Crippen molar-refractivity contribution in [3.63, 3.8) is 0 Å². The summed E-state index contributed by atoms with van der Waals surface area (Å²) in [6.45, 7) is 3.92. The van der Waals surface area contributed by atoms with Gasteiger partial charge in [-0.25, -0.2) is 4.39 Å². The predicted molar refractivity (Wildman–Crippen MR) is 99.2 cm³/mol. The van der Waals surface area contributed by atoms with Crippen LogP contribution in [-0.4, -0.2) is 68.9 Å². The molecule has 10 heteroatoms. The van der Waals surface area contributed by atoms with Crippen molar-refractivity contribution in [2.45, 2.75) is 49.4 Å². The van der Waals surface area contributed by atoms with Crippen LogP contribution in [0.5, 0.6) is 0 Å². The van der Waals surface area contributed by atoms with Crippen LogP contribution >= 0.6 is 11.8 Å². The molecule has 1 unspecified atom stereocenters. The monoisotopic (exact) mass is 397 g/mol. The summed E-state index contributed by atoms with van der Waals surface area (Å²) in [6, 6.07) is -0.725. The summed E-state index contributed by atoms with van der Waals surface area (Å²) < 4.78 is 16.0. The van der Waals surface area contributed by atoms with Crippen molar-refractivity contribution in [1.29, 1.82) is 0 Å². The van der Waals surface area contributed by atoms with Gasteiger partial charge in [-0.2, -0.15) is 5.10 Å². The van der Waals surface area contributed by atoms with Crippen molar-refractivity contribution in [2.75, 3.05) is 18.8 Å². The maximum atomic E-state index is 14.3. The van der Waals surface area contributed by atoms with Crippen LogP contribution in [0.2, 0.25) is 0 Å². The minimum Gasteiger partial charge on any atom is -0.379 e. The molecule has 3 atom stereocenters.